The van der Waals surface area contributed by atoms with Gasteiger partial charge in [0.05, 0.1) is 13.2 Å². The Balaban J connectivity index is 2.20. The normalized spacial score (nSPS) is 15.9. The van der Waals surface area contributed by atoms with Gasteiger partial charge < -0.3 is 15.0 Å². The quantitative estimate of drug-likeness (QED) is 0.527. The van der Waals surface area contributed by atoms with Gasteiger partial charge in [0.1, 0.15) is 0 Å². The molecule has 1 fully saturated rings. The van der Waals surface area contributed by atoms with Crippen molar-refractivity contribution in [3.8, 4) is 0 Å². The molecule has 8 nitrogen and oxygen atoms in total. The van der Waals surface area contributed by atoms with Gasteiger partial charge in [-0.2, -0.15) is 15.0 Å². The van der Waals surface area contributed by atoms with Crippen LogP contribution in [0.25, 0.3) is 0 Å². The lowest BCUT2D eigenvalue weighted by molar-refractivity contribution is 0.122. The van der Waals surface area contributed by atoms with E-state index in [0.29, 0.717) is 31.1 Å². The molecule has 0 aliphatic carbocycles. The molecule has 0 radical (unpaired) electrons. The van der Waals surface area contributed by atoms with Gasteiger partial charge in [-0.05, 0) is 20.3 Å². The first-order chi connectivity index (χ1) is 10.0. The molecule has 1 aliphatic heterocycles. The maximum atomic E-state index is 5.47. The van der Waals surface area contributed by atoms with Crippen LogP contribution >= 0.6 is 0 Å². The van der Waals surface area contributed by atoms with Gasteiger partial charge in [-0.25, -0.2) is 5.84 Å². The van der Waals surface area contributed by atoms with E-state index < -0.39 is 0 Å². The molecule has 1 aromatic heterocycles. The first kappa shape index (κ1) is 15.7. The maximum Gasteiger partial charge on any atom is 0.243 e. The third kappa shape index (κ3) is 4.40. The number of nitrogen functional groups attached to an aromatic ring is 1. The molecular weight excluding hydrogens is 270 g/mol. The number of anilines is 3. The predicted octanol–water partition coefficient (Wildman–Crippen LogP) is 0.984. The van der Waals surface area contributed by atoms with Crippen molar-refractivity contribution in [2.24, 2.45) is 5.84 Å². The van der Waals surface area contributed by atoms with E-state index in [2.05, 4.69) is 51.4 Å². The molecule has 0 saturated carbocycles. The number of ether oxygens (including phenoxy) is 1. The van der Waals surface area contributed by atoms with E-state index in [4.69, 9.17) is 10.6 Å². The van der Waals surface area contributed by atoms with Gasteiger partial charge in [0.2, 0.25) is 17.8 Å². The summed E-state index contributed by atoms with van der Waals surface area (Å²) in [6.45, 7) is 9.32. The van der Waals surface area contributed by atoms with Crippen LogP contribution in [0.3, 0.4) is 0 Å². The maximum absolute atomic E-state index is 5.47. The molecule has 0 spiro atoms. The average Bonchev–Trinajstić information content (AvgIpc) is 2.47. The zero-order valence-electron chi connectivity index (χ0n) is 13.0. The fourth-order valence-electron chi connectivity index (χ4n) is 2.38. The zero-order chi connectivity index (χ0) is 15.3. The van der Waals surface area contributed by atoms with Gasteiger partial charge in [0.25, 0.3) is 0 Å². The van der Waals surface area contributed by atoms with Crippen molar-refractivity contribution < 1.29 is 4.74 Å². The lowest BCUT2D eigenvalue weighted by Crippen LogP contribution is -2.38. The van der Waals surface area contributed by atoms with Crippen molar-refractivity contribution in [3.05, 3.63) is 0 Å². The fraction of sp³-hybridized carbons (Fsp3) is 0.769. The molecular formula is C13H25N7O. The average molecular weight is 295 g/mol. The van der Waals surface area contributed by atoms with E-state index in [1.807, 2.05) is 0 Å². The SMILES string of the molecule is CCCC(C)(C)Nc1nc(NN)nc(N2CCOCC2)n1. The third-order valence-electron chi connectivity index (χ3n) is 3.37. The Bertz CT molecular complexity index is 460. The number of hydrogen-bond donors (Lipinski definition) is 3. The molecule has 0 bridgehead atoms. The minimum Gasteiger partial charge on any atom is -0.378 e. The van der Waals surface area contributed by atoms with Crippen LogP contribution in [0.15, 0.2) is 0 Å². The molecule has 2 heterocycles. The topological polar surface area (TPSA) is 101 Å². The number of rotatable bonds is 6. The summed E-state index contributed by atoms with van der Waals surface area (Å²) in [5.41, 5.74) is 2.43. The highest BCUT2D eigenvalue weighted by molar-refractivity contribution is 5.44. The van der Waals surface area contributed by atoms with Crippen LogP contribution in [0.4, 0.5) is 17.8 Å². The number of nitrogens with zero attached hydrogens (tertiary/aromatic N) is 4. The van der Waals surface area contributed by atoms with E-state index in [9.17, 15) is 0 Å². The molecule has 0 atom stereocenters. The Morgan fingerprint density at radius 3 is 2.48 bits per heavy atom. The number of hydrazine groups is 1. The minimum absolute atomic E-state index is 0.0791. The van der Waals surface area contributed by atoms with Gasteiger partial charge in [-0.3, -0.25) is 5.43 Å². The number of morpholine rings is 1. The van der Waals surface area contributed by atoms with Crippen LogP contribution in [0.1, 0.15) is 33.6 Å². The van der Waals surface area contributed by atoms with Crippen molar-refractivity contribution in [1.82, 2.24) is 15.0 Å². The Morgan fingerprint density at radius 2 is 1.86 bits per heavy atom. The van der Waals surface area contributed by atoms with Gasteiger partial charge in [0, 0.05) is 18.6 Å². The monoisotopic (exact) mass is 295 g/mol. The summed E-state index contributed by atoms with van der Waals surface area (Å²) in [6.07, 6.45) is 2.11. The Hall–Kier alpha value is -1.67. The molecule has 0 amide bonds. The van der Waals surface area contributed by atoms with E-state index >= 15 is 0 Å². The predicted molar refractivity (Wildman–Crippen MR) is 83.3 cm³/mol. The second-order valence-corrected chi connectivity index (χ2v) is 5.79. The number of nitrogens with two attached hydrogens (primary N) is 1. The first-order valence-corrected chi connectivity index (χ1v) is 7.37. The van der Waals surface area contributed by atoms with Gasteiger partial charge in [0.15, 0.2) is 0 Å². The smallest absolute Gasteiger partial charge is 0.243 e. The van der Waals surface area contributed by atoms with E-state index in [1.54, 1.807) is 0 Å². The molecule has 8 heteroatoms. The molecule has 1 aromatic rings. The molecule has 1 aliphatic rings. The lowest BCUT2D eigenvalue weighted by Gasteiger charge is -2.29. The van der Waals surface area contributed by atoms with Crippen molar-refractivity contribution in [2.45, 2.75) is 39.2 Å². The van der Waals surface area contributed by atoms with E-state index in [0.717, 1.165) is 25.9 Å². The largest absolute Gasteiger partial charge is 0.378 e. The summed E-state index contributed by atoms with van der Waals surface area (Å²) in [5, 5.41) is 3.36. The van der Waals surface area contributed by atoms with Gasteiger partial charge in [-0.1, -0.05) is 13.3 Å². The Kier molecular flexibility index (Phi) is 5.13. The zero-order valence-corrected chi connectivity index (χ0v) is 13.0. The van der Waals surface area contributed by atoms with Crippen LogP contribution in [0, 0.1) is 0 Å². The van der Waals surface area contributed by atoms with Crippen molar-refractivity contribution in [1.29, 1.82) is 0 Å². The molecule has 0 aromatic carbocycles. The van der Waals surface area contributed by atoms with Crippen molar-refractivity contribution in [2.75, 3.05) is 41.9 Å². The van der Waals surface area contributed by atoms with E-state index in [-0.39, 0.29) is 5.54 Å². The van der Waals surface area contributed by atoms with Crippen LogP contribution in [0.2, 0.25) is 0 Å². The summed E-state index contributed by atoms with van der Waals surface area (Å²) in [5.74, 6) is 6.99. The summed E-state index contributed by atoms with van der Waals surface area (Å²) >= 11 is 0. The molecule has 1 saturated heterocycles. The Labute approximate surface area is 125 Å². The summed E-state index contributed by atoms with van der Waals surface area (Å²) in [7, 11) is 0. The van der Waals surface area contributed by atoms with Crippen LogP contribution < -0.4 is 21.5 Å². The number of hydrogen-bond acceptors (Lipinski definition) is 8. The fourth-order valence-corrected chi connectivity index (χ4v) is 2.38. The number of aromatic nitrogens is 3. The van der Waals surface area contributed by atoms with Crippen LogP contribution in [-0.2, 0) is 4.74 Å². The highest BCUT2D eigenvalue weighted by Crippen LogP contribution is 2.20. The highest BCUT2D eigenvalue weighted by Gasteiger charge is 2.21. The van der Waals surface area contributed by atoms with Crippen LogP contribution in [0.5, 0.6) is 0 Å². The third-order valence-corrected chi connectivity index (χ3v) is 3.37. The van der Waals surface area contributed by atoms with Gasteiger partial charge >= 0.3 is 0 Å². The highest BCUT2D eigenvalue weighted by atomic mass is 16.5. The lowest BCUT2D eigenvalue weighted by atomic mass is 9.99. The summed E-state index contributed by atoms with van der Waals surface area (Å²) < 4.78 is 5.35. The van der Waals surface area contributed by atoms with Crippen molar-refractivity contribution in [3.63, 3.8) is 0 Å². The molecule has 118 valence electrons. The number of nitrogens with one attached hydrogen (secondary N) is 2. The molecule has 21 heavy (non-hydrogen) atoms. The van der Waals surface area contributed by atoms with E-state index in [1.165, 1.54) is 0 Å². The summed E-state index contributed by atoms with van der Waals surface area (Å²) in [6, 6.07) is 0. The van der Waals surface area contributed by atoms with Crippen LogP contribution in [-0.4, -0.2) is 46.8 Å². The Morgan fingerprint density at radius 1 is 1.19 bits per heavy atom. The summed E-state index contributed by atoms with van der Waals surface area (Å²) in [4.78, 5) is 15.2. The second-order valence-electron chi connectivity index (χ2n) is 5.79. The molecule has 0 unspecified atom stereocenters. The molecule has 2 rings (SSSR count). The minimum atomic E-state index is -0.0791. The van der Waals surface area contributed by atoms with Crippen molar-refractivity contribution >= 4 is 17.8 Å². The first-order valence-electron chi connectivity index (χ1n) is 7.37. The van der Waals surface area contributed by atoms with Gasteiger partial charge in [-0.15, -0.1) is 0 Å². The second kappa shape index (κ2) is 6.86. The molecule has 4 N–H and O–H groups in total. The standard InChI is InChI=1S/C13H25N7O/c1-4-5-13(2,3)18-10-15-11(19-14)17-12(16-10)20-6-8-21-9-7-20/h4-9,14H2,1-3H3,(H2,15,16,17,18,19).